The van der Waals surface area contributed by atoms with Crippen molar-refractivity contribution in [3.8, 4) is 0 Å². The second-order valence-corrected chi connectivity index (χ2v) is 0.250. The Morgan fingerprint density at radius 2 is 1.60 bits per heavy atom. The molecule has 3 nitrogen and oxygen atoms in total. The Bertz CT molecular complexity index is 33.8. The first-order valence-electron chi connectivity index (χ1n) is 0.612. The largest absolute Gasteiger partial charge is 2.00 e. The predicted molar refractivity (Wildman–Crippen MR) is 12.3 cm³/mol. The fraction of sp³-hybridized carbons (Fsp3) is 0. The number of carboxylic acid groups (broad SMARTS) is 2. The van der Waals surface area contributed by atoms with Gasteiger partial charge in [0.05, 0.1) is 0 Å². The Balaban J connectivity index is -0.0000000450. The fourth-order valence-electron chi connectivity index (χ4n) is 0. The molecule has 25 valence electrons. The van der Waals surface area contributed by atoms with Gasteiger partial charge in [0.2, 0.25) is 0 Å². The van der Waals surface area contributed by atoms with E-state index in [1.807, 2.05) is 0 Å². The molecule has 0 aliphatic carbocycles. The van der Waals surface area contributed by atoms with E-state index in [0.29, 0.717) is 0 Å². The van der Waals surface area contributed by atoms with E-state index in [9.17, 15) is 0 Å². The molecule has 0 aliphatic rings. The van der Waals surface area contributed by atoms with Crippen molar-refractivity contribution in [2.45, 2.75) is 0 Å². The van der Waals surface area contributed by atoms with Crippen LogP contribution < -0.4 is 10.2 Å². The Morgan fingerprint density at radius 3 is 1.60 bits per heavy atom. The van der Waals surface area contributed by atoms with E-state index in [4.69, 9.17) is 15.0 Å². The van der Waals surface area contributed by atoms with Crippen molar-refractivity contribution in [2.75, 3.05) is 0 Å². The standard InChI is InChI=1S/CH2O3.Ca.H/c2-1(3)4;;/h(H2,2,3,4);;/q;+2;/p-2. The summed E-state index contributed by atoms with van der Waals surface area (Å²) in [5, 5.41) is 16.7. The number of rotatable bonds is 0. The van der Waals surface area contributed by atoms with Crippen molar-refractivity contribution in [1.82, 2.24) is 0 Å². The van der Waals surface area contributed by atoms with Gasteiger partial charge in [-0.25, -0.2) is 0 Å². The zero-order chi connectivity index (χ0) is 3.58. The molecule has 0 saturated heterocycles. The van der Waals surface area contributed by atoms with E-state index >= 15 is 0 Å². The molecule has 0 spiro atoms. The van der Waals surface area contributed by atoms with Crippen LogP contribution in [0.2, 0.25) is 0 Å². The van der Waals surface area contributed by atoms with Crippen LogP contribution in [0, 0.1) is 0 Å². The summed E-state index contributed by atoms with van der Waals surface area (Å²) in [5.74, 6) is 0. The molecule has 0 aromatic carbocycles. The molecule has 0 unspecified atom stereocenters. The second kappa shape index (κ2) is 4.53. The van der Waals surface area contributed by atoms with Crippen LogP contribution in [0.15, 0.2) is 0 Å². The van der Waals surface area contributed by atoms with Crippen LogP contribution in [0.4, 0.5) is 4.79 Å². The van der Waals surface area contributed by atoms with Crippen LogP contribution in [0.1, 0.15) is 1.43 Å². The quantitative estimate of drug-likeness (QED) is 0.311. The molecule has 0 saturated carbocycles. The molecule has 0 N–H and O–H groups in total. The molecular formula is CHCaO3. The Labute approximate surface area is 60.1 Å². The van der Waals surface area contributed by atoms with Crippen molar-refractivity contribution >= 4 is 43.9 Å². The van der Waals surface area contributed by atoms with Gasteiger partial charge in [-0.3, -0.25) is 0 Å². The third kappa shape index (κ3) is 103. The smallest absolute Gasteiger partial charge is 0.652 e. The Kier molecular flexibility index (Phi) is 8.25. The van der Waals surface area contributed by atoms with Crippen LogP contribution in [-0.4, -0.2) is 43.9 Å². The monoisotopic (exact) mass is 101 g/mol. The van der Waals surface area contributed by atoms with Gasteiger partial charge >= 0.3 is 37.7 Å². The van der Waals surface area contributed by atoms with Gasteiger partial charge in [0.25, 0.3) is 0 Å². The molecule has 0 atom stereocenters. The summed E-state index contributed by atoms with van der Waals surface area (Å²) in [4.78, 5) is 8.33. The van der Waals surface area contributed by atoms with E-state index in [2.05, 4.69) is 0 Å². The summed E-state index contributed by atoms with van der Waals surface area (Å²) >= 11 is 0. The first-order chi connectivity index (χ1) is 1.73. The molecule has 1 radical (unpaired) electrons. The van der Waals surface area contributed by atoms with E-state index in [-0.39, 0.29) is 39.2 Å². The molecule has 0 heterocycles. The van der Waals surface area contributed by atoms with Gasteiger partial charge in [0, 0.05) is 1.43 Å². The minimum atomic E-state index is -2.33. The van der Waals surface area contributed by atoms with Gasteiger partial charge in [-0.1, -0.05) is 0 Å². The van der Waals surface area contributed by atoms with E-state index in [1.54, 1.807) is 0 Å². The van der Waals surface area contributed by atoms with Crippen molar-refractivity contribution < 1.29 is 16.4 Å². The zero-order valence-electron chi connectivity index (χ0n) is 3.43. The number of hydrogen-bond donors (Lipinski definition) is 0. The van der Waals surface area contributed by atoms with Crippen molar-refractivity contribution in [3.63, 3.8) is 0 Å². The average Bonchev–Trinajstić information content (AvgIpc) is 0.811. The van der Waals surface area contributed by atoms with E-state index in [0.717, 1.165) is 0 Å². The molecule has 0 bridgehead atoms. The average molecular weight is 101 g/mol. The molecule has 0 amide bonds. The predicted octanol–water partition coefficient (Wildman–Crippen LogP) is -2.72. The third-order valence-electron chi connectivity index (χ3n) is 0. The maximum atomic E-state index is 8.33. The molecule has 0 aliphatic heterocycles. The van der Waals surface area contributed by atoms with E-state index in [1.165, 1.54) is 0 Å². The molecular weight excluding hydrogens is 100 g/mol. The maximum absolute atomic E-state index is 8.33. The second-order valence-electron chi connectivity index (χ2n) is 0.250. The van der Waals surface area contributed by atoms with Gasteiger partial charge in [-0.05, 0) is 6.16 Å². The van der Waals surface area contributed by atoms with Gasteiger partial charge < -0.3 is 15.0 Å². The van der Waals surface area contributed by atoms with Crippen LogP contribution >= 0.6 is 0 Å². The van der Waals surface area contributed by atoms with Gasteiger partial charge in [-0.2, -0.15) is 0 Å². The summed E-state index contributed by atoms with van der Waals surface area (Å²) in [7, 11) is 0. The summed E-state index contributed by atoms with van der Waals surface area (Å²) in [6.07, 6.45) is -2.33. The van der Waals surface area contributed by atoms with Crippen LogP contribution in [0.3, 0.4) is 0 Å². The summed E-state index contributed by atoms with van der Waals surface area (Å²) in [6.45, 7) is 0. The summed E-state index contributed by atoms with van der Waals surface area (Å²) < 4.78 is 0. The normalized spacial score (nSPS) is 4.80. The van der Waals surface area contributed by atoms with Gasteiger partial charge in [0.1, 0.15) is 0 Å². The SMILES string of the molecule is O=C([O-])[O-].[Ca+2].[H]. The third-order valence-corrected chi connectivity index (χ3v) is 0. The summed E-state index contributed by atoms with van der Waals surface area (Å²) in [5.41, 5.74) is 0. The first kappa shape index (κ1) is 9.11. The van der Waals surface area contributed by atoms with Crippen molar-refractivity contribution in [1.29, 1.82) is 0 Å². The Morgan fingerprint density at radius 1 is 1.60 bits per heavy atom. The Hall–Kier alpha value is 0.530. The van der Waals surface area contributed by atoms with Crippen LogP contribution in [-0.2, 0) is 0 Å². The first-order valence-corrected chi connectivity index (χ1v) is 0.612. The van der Waals surface area contributed by atoms with Gasteiger partial charge in [-0.15, -0.1) is 0 Å². The van der Waals surface area contributed by atoms with Gasteiger partial charge in [0.15, 0.2) is 0 Å². The van der Waals surface area contributed by atoms with Crippen LogP contribution in [0.5, 0.6) is 0 Å². The van der Waals surface area contributed by atoms with Crippen molar-refractivity contribution in [3.05, 3.63) is 0 Å². The maximum Gasteiger partial charge on any atom is 2.00 e. The molecule has 0 aromatic rings. The van der Waals surface area contributed by atoms with E-state index < -0.39 is 6.16 Å². The van der Waals surface area contributed by atoms with Crippen LogP contribution in [0.25, 0.3) is 0 Å². The molecule has 0 fully saturated rings. The zero-order valence-corrected chi connectivity index (χ0v) is 4.64. The molecule has 5 heavy (non-hydrogen) atoms. The number of hydrogen-bond acceptors (Lipinski definition) is 3. The van der Waals surface area contributed by atoms with Crippen molar-refractivity contribution in [2.24, 2.45) is 0 Å². The molecule has 0 rings (SSSR count). The number of carbonyl (C=O) groups excluding carboxylic acids is 1. The fourth-order valence-corrected chi connectivity index (χ4v) is 0. The topological polar surface area (TPSA) is 63.2 Å². The minimum absolute atomic E-state index is 0. The summed E-state index contributed by atoms with van der Waals surface area (Å²) in [6, 6.07) is 0. The molecule has 0 aromatic heterocycles. The molecule has 4 heteroatoms. The minimum Gasteiger partial charge on any atom is -0.652 e. The number of carbonyl (C=O) groups is 1.